The molecule has 8 heteroatoms. The lowest BCUT2D eigenvalue weighted by Gasteiger charge is -2.13. The third-order valence-corrected chi connectivity index (χ3v) is 5.22. The minimum absolute atomic E-state index is 0.109. The van der Waals surface area contributed by atoms with E-state index in [-0.39, 0.29) is 11.2 Å². The van der Waals surface area contributed by atoms with Crippen LogP contribution in [0.3, 0.4) is 0 Å². The number of thioether (sulfide) groups is 1. The molecule has 0 aliphatic rings. The highest BCUT2D eigenvalue weighted by molar-refractivity contribution is 8.00. The molecule has 0 saturated heterocycles. The van der Waals surface area contributed by atoms with Crippen molar-refractivity contribution in [3.05, 3.63) is 29.6 Å². The van der Waals surface area contributed by atoms with E-state index in [1.54, 1.807) is 24.3 Å². The normalized spacial score (nSPS) is 12.5. The van der Waals surface area contributed by atoms with Gasteiger partial charge in [-0.05, 0) is 24.8 Å². The molecule has 3 rings (SSSR count). The van der Waals surface area contributed by atoms with Crippen LogP contribution in [-0.4, -0.2) is 26.3 Å². The van der Waals surface area contributed by atoms with E-state index in [4.69, 9.17) is 4.52 Å². The largest absolute Gasteiger partial charge is 0.360 e. The Bertz CT molecular complexity index is 799. The Morgan fingerprint density at radius 2 is 2.36 bits per heavy atom. The molecule has 0 bridgehead atoms. The van der Waals surface area contributed by atoms with Crippen molar-refractivity contribution in [2.45, 2.75) is 30.5 Å². The minimum Gasteiger partial charge on any atom is -0.360 e. The molecule has 6 nitrogen and oxygen atoms in total. The Hall–Kier alpha value is -1.93. The Labute approximate surface area is 135 Å². The fourth-order valence-corrected chi connectivity index (χ4v) is 3.75. The van der Waals surface area contributed by atoms with E-state index in [0.29, 0.717) is 18.0 Å². The van der Waals surface area contributed by atoms with Crippen LogP contribution in [0, 0.1) is 6.92 Å². The van der Waals surface area contributed by atoms with Crippen molar-refractivity contribution in [1.82, 2.24) is 15.1 Å². The number of amides is 1. The molecule has 22 heavy (non-hydrogen) atoms. The smallest absolute Gasteiger partial charge is 0.239 e. The van der Waals surface area contributed by atoms with Gasteiger partial charge < -0.3 is 9.84 Å². The molecule has 3 aromatic heterocycles. The van der Waals surface area contributed by atoms with Crippen molar-refractivity contribution in [3.63, 3.8) is 0 Å². The van der Waals surface area contributed by atoms with Gasteiger partial charge in [-0.2, -0.15) is 0 Å². The fraction of sp³-hybridized carbons (Fsp3) is 0.286. The van der Waals surface area contributed by atoms with Crippen molar-refractivity contribution in [2.75, 3.05) is 5.32 Å². The molecule has 0 radical (unpaired) electrons. The maximum absolute atomic E-state index is 12.4. The highest BCUT2D eigenvalue weighted by Gasteiger charge is 2.21. The number of anilines is 1. The van der Waals surface area contributed by atoms with Crippen molar-refractivity contribution >= 4 is 45.0 Å². The number of carbonyl (C=O) groups is 1. The van der Waals surface area contributed by atoms with Crippen LogP contribution < -0.4 is 5.32 Å². The summed E-state index contributed by atoms with van der Waals surface area (Å²) in [5.41, 5.74) is 0. The first-order valence-electron chi connectivity index (χ1n) is 6.76. The molecule has 1 N–H and O–H groups in total. The summed E-state index contributed by atoms with van der Waals surface area (Å²) in [6.45, 7) is 3.75. The molecular weight excluding hydrogens is 320 g/mol. The molecule has 3 aromatic rings. The number of thiophene rings is 1. The van der Waals surface area contributed by atoms with E-state index in [2.05, 4.69) is 20.4 Å². The number of carbonyl (C=O) groups excluding carboxylic acids is 1. The number of rotatable bonds is 5. The second-order valence-corrected chi connectivity index (χ2v) is 6.73. The maximum atomic E-state index is 12.4. The van der Waals surface area contributed by atoms with Crippen molar-refractivity contribution in [1.29, 1.82) is 0 Å². The quantitative estimate of drug-likeness (QED) is 0.568. The summed E-state index contributed by atoms with van der Waals surface area (Å²) < 4.78 is 4.95. The van der Waals surface area contributed by atoms with Gasteiger partial charge in [-0.15, -0.1) is 11.3 Å². The minimum atomic E-state index is -0.255. The molecule has 0 spiro atoms. The average molecular weight is 334 g/mol. The van der Waals surface area contributed by atoms with Gasteiger partial charge in [-0.3, -0.25) is 4.79 Å². The molecular formula is C14H14N4O2S2. The number of aromatic nitrogens is 3. The van der Waals surface area contributed by atoms with E-state index >= 15 is 0 Å². The zero-order valence-corrected chi connectivity index (χ0v) is 13.7. The molecule has 0 aliphatic carbocycles. The summed E-state index contributed by atoms with van der Waals surface area (Å²) in [7, 11) is 0. The van der Waals surface area contributed by atoms with Gasteiger partial charge in [-0.1, -0.05) is 23.8 Å². The number of hydrogen-bond acceptors (Lipinski definition) is 7. The van der Waals surface area contributed by atoms with E-state index in [1.165, 1.54) is 18.1 Å². The zero-order valence-electron chi connectivity index (χ0n) is 12.1. The van der Waals surface area contributed by atoms with E-state index < -0.39 is 0 Å². The molecule has 0 aromatic carbocycles. The molecule has 0 aliphatic heterocycles. The standard InChI is InChI=1S/C14H14N4O2S2/c1-3-10(12(19)17-11-6-8(2)20-18-11)22-14-9-4-5-21-13(9)15-7-16-14/h4-7,10H,3H2,1-2H3,(H,17,18,19)/t10-/m0/s1. The summed E-state index contributed by atoms with van der Waals surface area (Å²) in [6.07, 6.45) is 2.22. The second-order valence-electron chi connectivity index (χ2n) is 4.65. The highest BCUT2D eigenvalue weighted by atomic mass is 32.2. The van der Waals surface area contributed by atoms with Gasteiger partial charge in [0.05, 0.1) is 5.25 Å². The molecule has 1 amide bonds. The predicted molar refractivity (Wildman–Crippen MR) is 87.2 cm³/mol. The van der Waals surface area contributed by atoms with Gasteiger partial charge in [0.25, 0.3) is 0 Å². The molecule has 3 heterocycles. The van der Waals surface area contributed by atoms with Crippen LogP contribution in [0.1, 0.15) is 19.1 Å². The monoisotopic (exact) mass is 334 g/mol. The summed E-state index contributed by atoms with van der Waals surface area (Å²) in [6, 6.07) is 3.67. The number of fused-ring (bicyclic) bond motifs is 1. The Morgan fingerprint density at radius 1 is 1.50 bits per heavy atom. The van der Waals surface area contributed by atoms with Gasteiger partial charge >= 0.3 is 0 Å². The van der Waals surface area contributed by atoms with Gasteiger partial charge in [0.15, 0.2) is 5.82 Å². The van der Waals surface area contributed by atoms with E-state index in [9.17, 15) is 4.79 Å². The topological polar surface area (TPSA) is 80.9 Å². The van der Waals surface area contributed by atoms with Crippen LogP contribution in [0.5, 0.6) is 0 Å². The van der Waals surface area contributed by atoms with Crippen LogP contribution in [-0.2, 0) is 4.79 Å². The third kappa shape index (κ3) is 3.12. The molecule has 114 valence electrons. The zero-order chi connectivity index (χ0) is 15.5. The van der Waals surface area contributed by atoms with Crippen LogP contribution >= 0.6 is 23.1 Å². The van der Waals surface area contributed by atoms with Gasteiger partial charge in [0.1, 0.15) is 21.9 Å². The summed E-state index contributed by atoms with van der Waals surface area (Å²) in [5.74, 6) is 0.986. The summed E-state index contributed by atoms with van der Waals surface area (Å²) >= 11 is 3.00. The SMILES string of the molecule is CC[C@H](Sc1ncnc2sccc12)C(=O)Nc1cc(C)on1. The lowest BCUT2D eigenvalue weighted by atomic mass is 10.3. The maximum Gasteiger partial charge on any atom is 0.239 e. The van der Waals surface area contributed by atoms with Gasteiger partial charge in [-0.25, -0.2) is 9.97 Å². The second kappa shape index (κ2) is 6.45. The lowest BCUT2D eigenvalue weighted by molar-refractivity contribution is -0.115. The average Bonchev–Trinajstić information content (AvgIpc) is 3.13. The van der Waals surface area contributed by atoms with Crippen LogP contribution in [0.2, 0.25) is 0 Å². The molecule has 0 saturated carbocycles. The van der Waals surface area contributed by atoms with Crippen molar-refractivity contribution in [2.24, 2.45) is 0 Å². The Morgan fingerprint density at radius 3 is 3.09 bits per heavy atom. The first-order valence-corrected chi connectivity index (χ1v) is 8.52. The first kappa shape index (κ1) is 15.0. The van der Waals surface area contributed by atoms with Gasteiger partial charge in [0, 0.05) is 11.5 Å². The van der Waals surface area contributed by atoms with Crippen LogP contribution in [0.15, 0.2) is 33.4 Å². The Balaban J connectivity index is 1.76. The van der Waals surface area contributed by atoms with Crippen LogP contribution in [0.4, 0.5) is 5.82 Å². The number of nitrogens with zero attached hydrogens (tertiary/aromatic N) is 3. The van der Waals surface area contributed by atoms with Gasteiger partial charge in [0.2, 0.25) is 5.91 Å². The number of aryl methyl sites for hydroxylation is 1. The summed E-state index contributed by atoms with van der Waals surface area (Å²) in [5, 5.41) is 10.1. The summed E-state index contributed by atoms with van der Waals surface area (Å²) in [4.78, 5) is 21.8. The third-order valence-electron chi connectivity index (χ3n) is 3.02. The fourth-order valence-electron chi connectivity index (χ4n) is 1.95. The number of nitrogens with one attached hydrogen (secondary N) is 1. The van der Waals surface area contributed by atoms with Crippen molar-refractivity contribution < 1.29 is 9.32 Å². The molecule has 0 unspecified atom stereocenters. The first-order chi connectivity index (χ1) is 10.7. The van der Waals surface area contributed by atoms with Crippen molar-refractivity contribution in [3.8, 4) is 0 Å². The predicted octanol–water partition coefficient (Wildman–Crippen LogP) is 3.50. The lowest BCUT2D eigenvalue weighted by Crippen LogP contribution is -2.24. The molecule has 0 fully saturated rings. The molecule has 1 atom stereocenters. The van der Waals surface area contributed by atoms with Crippen LogP contribution in [0.25, 0.3) is 10.2 Å². The van der Waals surface area contributed by atoms with E-state index in [0.717, 1.165) is 15.2 Å². The number of hydrogen-bond donors (Lipinski definition) is 1. The Kier molecular flexibility index (Phi) is 4.39. The van der Waals surface area contributed by atoms with E-state index in [1.807, 2.05) is 18.4 Å². The highest BCUT2D eigenvalue weighted by Crippen LogP contribution is 2.31.